The lowest BCUT2D eigenvalue weighted by atomic mass is 9.92. The Kier molecular flexibility index (Phi) is 3.38. The molecule has 0 aromatic carbocycles. The second-order valence-electron chi connectivity index (χ2n) is 5.83. The van der Waals surface area contributed by atoms with Crippen molar-refractivity contribution in [3.63, 3.8) is 0 Å². The summed E-state index contributed by atoms with van der Waals surface area (Å²) in [4.78, 5) is 0. The molecule has 1 aromatic heterocycles. The van der Waals surface area contributed by atoms with Gasteiger partial charge in [-0.1, -0.05) is 26.8 Å². The Morgan fingerprint density at radius 3 is 2.65 bits per heavy atom. The van der Waals surface area contributed by atoms with Crippen LogP contribution in [0.4, 0.5) is 0 Å². The molecule has 3 nitrogen and oxygen atoms in total. The van der Waals surface area contributed by atoms with Crippen molar-refractivity contribution in [1.29, 1.82) is 0 Å². The van der Waals surface area contributed by atoms with Gasteiger partial charge < -0.3 is 5.73 Å². The number of nitrogens with zero attached hydrogens (tertiary/aromatic N) is 2. The topological polar surface area (TPSA) is 43.8 Å². The van der Waals surface area contributed by atoms with Gasteiger partial charge in [0.05, 0.1) is 11.4 Å². The third kappa shape index (κ3) is 2.60. The monoisotopic (exact) mass is 233 g/mol. The van der Waals surface area contributed by atoms with E-state index in [9.17, 15) is 0 Å². The SMILES string of the molecule is CC(C)(C)c1cc(CN)n(C2=CCCCC2)n1. The highest BCUT2D eigenvalue weighted by Gasteiger charge is 2.20. The molecule has 0 spiro atoms. The summed E-state index contributed by atoms with van der Waals surface area (Å²) >= 11 is 0. The fourth-order valence-corrected chi connectivity index (χ4v) is 2.19. The normalized spacial score (nSPS) is 17.1. The lowest BCUT2D eigenvalue weighted by molar-refractivity contribution is 0.558. The molecule has 1 aromatic rings. The molecular formula is C14H23N3. The van der Waals surface area contributed by atoms with Crippen LogP contribution in [0.25, 0.3) is 5.70 Å². The Morgan fingerprint density at radius 2 is 2.12 bits per heavy atom. The fraction of sp³-hybridized carbons (Fsp3) is 0.643. The number of allylic oxidation sites excluding steroid dienone is 2. The van der Waals surface area contributed by atoms with Crippen LogP contribution in [0.15, 0.2) is 12.1 Å². The summed E-state index contributed by atoms with van der Waals surface area (Å²) in [5.74, 6) is 0. The fourth-order valence-electron chi connectivity index (χ4n) is 2.19. The van der Waals surface area contributed by atoms with Gasteiger partial charge in [0.15, 0.2) is 0 Å². The van der Waals surface area contributed by atoms with Crippen molar-refractivity contribution in [3.8, 4) is 0 Å². The zero-order valence-corrected chi connectivity index (χ0v) is 11.2. The zero-order chi connectivity index (χ0) is 12.5. The van der Waals surface area contributed by atoms with E-state index in [0.717, 1.165) is 17.8 Å². The molecular weight excluding hydrogens is 210 g/mol. The number of hydrogen-bond acceptors (Lipinski definition) is 2. The summed E-state index contributed by atoms with van der Waals surface area (Å²) in [7, 11) is 0. The van der Waals surface area contributed by atoms with Crippen molar-refractivity contribution >= 4 is 5.70 Å². The quantitative estimate of drug-likeness (QED) is 0.853. The van der Waals surface area contributed by atoms with E-state index >= 15 is 0 Å². The zero-order valence-electron chi connectivity index (χ0n) is 11.2. The maximum atomic E-state index is 5.83. The number of nitrogens with two attached hydrogens (primary N) is 1. The molecule has 17 heavy (non-hydrogen) atoms. The van der Waals surface area contributed by atoms with Crippen LogP contribution in [0.3, 0.4) is 0 Å². The van der Waals surface area contributed by atoms with E-state index in [1.807, 2.05) is 0 Å². The Morgan fingerprint density at radius 1 is 1.35 bits per heavy atom. The van der Waals surface area contributed by atoms with E-state index in [1.54, 1.807) is 0 Å². The van der Waals surface area contributed by atoms with Crippen molar-refractivity contribution in [3.05, 3.63) is 23.5 Å². The van der Waals surface area contributed by atoms with Gasteiger partial charge in [0.1, 0.15) is 0 Å². The van der Waals surface area contributed by atoms with E-state index < -0.39 is 0 Å². The van der Waals surface area contributed by atoms with Gasteiger partial charge in [0.2, 0.25) is 0 Å². The number of hydrogen-bond donors (Lipinski definition) is 1. The molecule has 1 aliphatic carbocycles. The first-order valence-electron chi connectivity index (χ1n) is 6.51. The van der Waals surface area contributed by atoms with Crippen molar-refractivity contribution < 1.29 is 0 Å². The summed E-state index contributed by atoms with van der Waals surface area (Å²) < 4.78 is 2.07. The molecule has 1 heterocycles. The summed E-state index contributed by atoms with van der Waals surface area (Å²) in [6.45, 7) is 7.13. The highest BCUT2D eigenvalue weighted by Crippen LogP contribution is 2.27. The van der Waals surface area contributed by atoms with Gasteiger partial charge in [0, 0.05) is 17.7 Å². The van der Waals surface area contributed by atoms with Crippen LogP contribution in [-0.4, -0.2) is 9.78 Å². The Bertz CT molecular complexity index is 421. The predicted molar refractivity (Wildman–Crippen MR) is 71.6 cm³/mol. The largest absolute Gasteiger partial charge is 0.325 e. The van der Waals surface area contributed by atoms with Crippen molar-refractivity contribution in [2.24, 2.45) is 5.73 Å². The van der Waals surface area contributed by atoms with Crippen LogP contribution < -0.4 is 5.73 Å². The third-order valence-electron chi connectivity index (χ3n) is 3.30. The van der Waals surface area contributed by atoms with Gasteiger partial charge in [-0.05, 0) is 31.7 Å². The third-order valence-corrected chi connectivity index (χ3v) is 3.30. The molecule has 2 rings (SSSR count). The van der Waals surface area contributed by atoms with Crippen molar-refractivity contribution in [2.75, 3.05) is 0 Å². The molecule has 3 heteroatoms. The molecule has 1 aliphatic rings. The highest BCUT2D eigenvalue weighted by molar-refractivity contribution is 5.47. The first-order chi connectivity index (χ1) is 8.02. The molecule has 0 saturated heterocycles. The van der Waals surface area contributed by atoms with Gasteiger partial charge in [0.25, 0.3) is 0 Å². The van der Waals surface area contributed by atoms with Gasteiger partial charge in [-0.15, -0.1) is 0 Å². The van der Waals surface area contributed by atoms with Crippen LogP contribution in [0, 0.1) is 0 Å². The smallest absolute Gasteiger partial charge is 0.0685 e. The molecule has 2 N–H and O–H groups in total. The van der Waals surface area contributed by atoms with Crippen molar-refractivity contribution in [2.45, 2.75) is 58.4 Å². The van der Waals surface area contributed by atoms with Gasteiger partial charge in [-0.2, -0.15) is 5.10 Å². The van der Waals surface area contributed by atoms with E-state index in [0.29, 0.717) is 6.54 Å². The van der Waals surface area contributed by atoms with Crippen LogP contribution in [0.5, 0.6) is 0 Å². The second-order valence-corrected chi connectivity index (χ2v) is 5.83. The maximum absolute atomic E-state index is 5.83. The Hall–Kier alpha value is -1.09. The average molecular weight is 233 g/mol. The number of rotatable bonds is 2. The van der Waals surface area contributed by atoms with E-state index in [4.69, 9.17) is 10.8 Å². The minimum Gasteiger partial charge on any atom is -0.325 e. The maximum Gasteiger partial charge on any atom is 0.0685 e. The van der Waals surface area contributed by atoms with Crippen LogP contribution in [0.1, 0.15) is 57.8 Å². The van der Waals surface area contributed by atoms with E-state index in [1.165, 1.54) is 25.0 Å². The van der Waals surface area contributed by atoms with Gasteiger partial charge >= 0.3 is 0 Å². The summed E-state index contributed by atoms with van der Waals surface area (Å²) in [5, 5.41) is 4.74. The highest BCUT2D eigenvalue weighted by atomic mass is 15.3. The molecule has 0 bridgehead atoms. The van der Waals surface area contributed by atoms with Crippen LogP contribution in [0.2, 0.25) is 0 Å². The van der Waals surface area contributed by atoms with Crippen molar-refractivity contribution in [1.82, 2.24) is 9.78 Å². The lowest BCUT2D eigenvalue weighted by Gasteiger charge is -2.16. The van der Waals surface area contributed by atoms with E-state index in [2.05, 4.69) is 37.6 Å². The molecule has 0 atom stereocenters. The Balaban J connectivity index is 2.39. The van der Waals surface area contributed by atoms with Gasteiger partial charge in [-0.3, -0.25) is 0 Å². The molecule has 0 aliphatic heterocycles. The molecule has 0 fully saturated rings. The molecule has 0 amide bonds. The summed E-state index contributed by atoms with van der Waals surface area (Å²) in [6.07, 6.45) is 7.17. The summed E-state index contributed by atoms with van der Waals surface area (Å²) in [5.41, 5.74) is 9.50. The Labute approximate surface area is 104 Å². The summed E-state index contributed by atoms with van der Waals surface area (Å²) in [6, 6.07) is 2.15. The second kappa shape index (κ2) is 4.65. The molecule has 0 unspecified atom stereocenters. The van der Waals surface area contributed by atoms with Crippen LogP contribution in [-0.2, 0) is 12.0 Å². The minimum atomic E-state index is 0.0877. The predicted octanol–water partition coefficient (Wildman–Crippen LogP) is 3.05. The number of aromatic nitrogens is 2. The lowest BCUT2D eigenvalue weighted by Crippen LogP contribution is -2.13. The van der Waals surface area contributed by atoms with Crippen LogP contribution >= 0.6 is 0 Å². The first-order valence-corrected chi connectivity index (χ1v) is 6.51. The minimum absolute atomic E-state index is 0.0877. The molecule has 0 radical (unpaired) electrons. The first kappa shape index (κ1) is 12.4. The van der Waals surface area contributed by atoms with Gasteiger partial charge in [-0.25, -0.2) is 4.68 Å². The molecule has 94 valence electrons. The standard InChI is InChI=1S/C14H23N3/c1-14(2,3)13-9-12(10-15)17(16-13)11-7-5-4-6-8-11/h7,9H,4-6,8,10,15H2,1-3H3. The molecule has 0 saturated carbocycles. The average Bonchev–Trinajstić information content (AvgIpc) is 2.73. The van der Waals surface area contributed by atoms with E-state index in [-0.39, 0.29) is 5.41 Å².